The largest absolute Gasteiger partial charge is 0.243 e. The van der Waals surface area contributed by atoms with Crippen LogP contribution in [-0.2, 0) is 23.1 Å². The molecular formula is C23H30ClNO2SSi2. The molecule has 7 heteroatoms. The Morgan fingerprint density at radius 1 is 0.967 bits per heavy atom. The van der Waals surface area contributed by atoms with Crippen molar-refractivity contribution in [3.05, 3.63) is 57.6 Å². The Hall–Kier alpha value is -1.37. The second kappa shape index (κ2) is 7.96. The van der Waals surface area contributed by atoms with E-state index in [1.807, 2.05) is 25.1 Å². The molecule has 0 atom stereocenters. The maximum absolute atomic E-state index is 13.3. The van der Waals surface area contributed by atoms with Crippen LogP contribution in [0.3, 0.4) is 0 Å². The monoisotopic (exact) mass is 475 g/mol. The van der Waals surface area contributed by atoms with Crippen LogP contribution in [0, 0.1) is 18.4 Å². The highest BCUT2D eigenvalue weighted by Gasteiger charge is 2.35. The van der Waals surface area contributed by atoms with Crippen molar-refractivity contribution in [2.24, 2.45) is 0 Å². The van der Waals surface area contributed by atoms with Crippen LogP contribution in [0.5, 0.6) is 0 Å². The van der Waals surface area contributed by atoms with E-state index in [4.69, 9.17) is 11.6 Å². The van der Waals surface area contributed by atoms with E-state index in [-0.39, 0.29) is 6.54 Å². The molecule has 2 aromatic rings. The molecule has 0 saturated heterocycles. The van der Waals surface area contributed by atoms with Crippen LogP contribution in [0.25, 0.3) is 0 Å². The lowest BCUT2D eigenvalue weighted by atomic mass is 10.0. The van der Waals surface area contributed by atoms with Crippen molar-refractivity contribution >= 4 is 43.0 Å². The Kier molecular flexibility index (Phi) is 6.18. The van der Waals surface area contributed by atoms with Crippen molar-refractivity contribution in [2.75, 3.05) is 0 Å². The fourth-order valence-electron chi connectivity index (χ4n) is 3.51. The van der Waals surface area contributed by atoms with Crippen LogP contribution in [0.15, 0.2) is 35.2 Å². The van der Waals surface area contributed by atoms with Crippen molar-refractivity contribution in [2.45, 2.75) is 64.2 Å². The van der Waals surface area contributed by atoms with E-state index in [1.54, 1.807) is 12.1 Å². The molecule has 160 valence electrons. The highest BCUT2D eigenvalue weighted by Crippen LogP contribution is 2.35. The number of sulfonamides is 1. The summed E-state index contributed by atoms with van der Waals surface area (Å²) in [5.41, 5.74) is 7.42. The van der Waals surface area contributed by atoms with Crippen molar-refractivity contribution in [3.63, 3.8) is 0 Å². The summed E-state index contributed by atoms with van der Waals surface area (Å²) >= 11 is 6.69. The maximum Gasteiger partial charge on any atom is 0.243 e. The van der Waals surface area contributed by atoms with Gasteiger partial charge in [0.25, 0.3) is 0 Å². The summed E-state index contributed by atoms with van der Waals surface area (Å²) < 4.78 is 28.1. The van der Waals surface area contributed by atoms with Gasteiger partial charge < -0.3 is 0 Å². The molecule has 0 bridgehead atoms. The van der Waals surface area contributed by atoms with E-state index < -0.39 is 26.2 Å². The fraction of sp³-hybridized carbons (Fsp3) is 0.391. The molecule has 1 heterocycles. The van der Waals surface area contributed by atoms with Crippen LogP contribution in [-0.4, -0.2) is 28.9 Å². The standard InChI is InChI=1S/C23H30ClNO2SSi2/c1-17-8-10-18(11-9-17)28(26,27)25-15-20-19(12-13-29(2,3)4)23(30(5,6)7)14-22(24)21(20)16-25/h8-11,14H,15-16H2,1-7H3. The summed E-state index contributed by atoms with van der Waals surface area (Å²) in [7, 11) is -6.92. The van der Waals surface area contributed by atoms with Gasteiger partial charge in [0, 0.05) is 23.7 Å². The van der Waals surface area contributed by atoms with E-state index in [9.17, 15) is 8.42 Å². The van der Waals surface area contributed by atoms with Gasteiger partial charge in [-0.05, 0) is 41.4 Å². The molecule has 0 saturated carbocycles. The van der Waals surface area contributed by atoms with Gasteiger partial charge in [0.1, 0.15) is 8.07 Å². The van der Waals surface area contributed by atoms with Gasteiger partial charge in [0.15, 0.2) is 0 Å². The minimum atomic E-state index is -3.60. The molecule has 0 fully saturated rings. The number of rotatable bonds is 3. The summed E-state index contributed by atoms with van der Waals surface area (Å²) in [6.07, 6.45) is 0. The van der Waals surface area contributed by atoms with Crippen molar-refractivity contribution in [1.82, 2.24) is 4.31 Å². The summed E-state index contributed by atoms with van der Waals surface area (Å²) in [6, 6.07) is 9.06. The second-order valence-corrected chi connectivity index (χ2v) is 22.2. The Morgan fingerprint density at radius 2 is 1.53 bits per heavy atom. The number of fused-ring (bicyclic) bond motifs is 1. The normalized spacial score (nSPS) is 14.9. The third-order valence-corrected chi connectivity index (χ3v) is 10.2. The Labute approximate surface area is 188 Å². The van der Waals surface area contributed by atoms with Gasteiger partial charge >= 0.3 is 0 Å². The third kappa shape index (κ3) is 4.76. The molecule has 2 aromatic carbocycles. The Morgan fingerprint density at radius 3 is 2.07 bits per heavy atom. The fourth-order valence-corrected chi connectivity index (χ4v) is 7.30. The number of hydrogen-bond donors (Lipinski definition) is 0. The molecule has 0 N–H and O–H groups in total. The SMILES string of the molecule is Cc1ccc(S(=O)(=O)N2Cc3c(Cl)cc([Si](C)(C)C)c(C#C[Si](C)(C)C)c3C2)cc1. The first-order valence-electron chi connectivity index (χ1n) is 10.1. The van der Waals surface area contributed by atoms with Crippen LogP contribution >= 0.6 is 11.6 Å². The average molecular weight is 476 g/mol. The number of aryl methyl sites for hydroxylation is 1. The van der Waals surface area contributed by atoms with Crippen molar-refractivity contribution in [1.29, 1.82) is 0 Å². The lowest BCUT2D eigenvalue weighted by Crippen LogP contribution is -2.40. The minimum absolute atomic E-state index is 0.290. The van der Waals surface area contributed by atoms with Gasteiger partial charge in [-0.1, -0.05) is 74.5 Å². The number of benzene rings is 2. The lowest BCUT2D eigenvalue weighted by molar-refractivity contribution is 0.431. The van der Waals surface area contributed by atoms with Gasteiger partial charge in [-0.3, -0.25) is 0 Å². The summed E-state index contributed by atoms with van der Waals surface area (Å²) in [5.74, 6) is 3.47. The predicted octanol–water partition coefficient (Wildman–Crippen LogP) is 5.13. The van der Waals surface area contributed by atoms with E-state index in [2.05, 4.69) is 50.7 Å². The molecule has 0 unspecified atom stereocenters. The number of halogens is 1. The molecule has 0 aromatic heterocycles. The highest BCUT2D eigenvalue weighted by molar-refractivity contribution is 7.89. The number of nitrogens with zero attached hydrogens (tertiary/aromatic N) is 1. The molecule has 3 rings (SSSR count). The first kappa shape index (κ1) is 23.3. The zero-order valence-corrected chi connectivity index (χ0v) is 22.4. The first-order chi connectivity index (χ1) is 13.7. The molecule has 0 radical (unpaired) electrons. The van der Waals surface area contributed by atoms with Crippen LogP contribution in [0.1, 0.15) is 22.3 Å². The van der Waals surface area contributed by atoms with Crippen LogP contribution in [0.4, 0.5) is 0 Å². The predicted molar refractivity (Wildman–Crippen MR) is 132 cm³/mol. The molecular weight excluding hydrogens is 446 g/mol. The van der Waals surface area contributed by atoms with E-state index in [0.717, 1.165) is 22.3 Å². The molecule has 1 aliphatic rings. The summed E-state index contributed by atoms with van der Waals surface area (Å²) in [4.78, 5) is 0.317. The van der Waals surface area contributed by atoms with Crippen LogP contribution in [0.2, 0.25) is 44.3 Å². The maximum atomic E-state index is 13.3. The molecule has 30 heavy (non-hydrogen) atoms. The van der Waals surface area contributed by atoms with E-state index in [1.165, 1.54) is 9.49 Å². The van der Waals surface area contributed by atoms with Crippen molar-refractivity contribution < 1.29 is 8.42 Å². The highest BCUT2D eigenvalue weighted by atomic mass is 35.5. The first-order valence-corrected chi connectivity index (χ1v) is 19.0. The Bertz CT molecular complexity index is 1150. The van der Waals surface area contributed by atoms with E-state index in [0.29, 0.717) is 16.5 Å². The van der Waals surface area contributed by atoms with Crippen molar-refractivity contribution in [3.8, 4) is 11.5 Å². The summed E-state index contributed by atoms with van der Waals surface area (Å²) in [5, 5.41) is 1.87. The van der Waals surface area contributed by atoms with Gasteiger partial charge in [-0.2, -0.15) is 4.31 Å². The van der Waals surface area contributed by atoms with Crippen LogP contribution < -0.4 is 5.19 Å². The molecule has 1 aliphatic heterocycles. The zero-order chi connectivity index (χ0) is 22.5. The molecule has 0 spiro atoms. The lowest BCUT2D eigenvalue weighted by Gasteiger charge is -2.22. The summed E-state index contributed by atoms with van der Waals surface area (Å²) in [6.45, 7) is 16.1. The quantitative estimate of drug-likeness (QED) is 0.456. The van der Waals surface area contributed by atoms with Gasteiger partial charge in [-0.25, -0.2) is 8.42 Å². The minimum Gasteiger partial charge on any atom is -0.207 e. The molecule has 0 aliphatic carbocycles. The zero-order valence-electron chi connectivity index (χ0n) is 18.9. The second-order valence-electron chi connectivity index (χ2n) is 10.1. The topological polar surface area (TPSA) is 37.4 Å². The molecule has 0 amide bonds. The average Bonchev–Trinajstić information content (AvgIpc) is 3.06. The van der Waals surface area contributed by atoms with E-state index >= 15 is 0 Å². The van der Waals surface area contributed by atoms with Gasteiger partial charge in [0.05, 0.1) is 13.0 Å². The Balaban J connectivity index is 2.14. The van der Waals surface area contributed by atoms with Gasteiger partial charge in [0.2, 0.25) is 10.0 Å². The third-order valence-electron chi connectivity index (χ3n) is 5.19. The van der Waals surface area contributed by atoms with Gasteiger partial charge in [-0.15, -0.1) is 5.54 Å². The molecule has 3 nitrogen and oxygen atoms in total. The number of hydrogen-bond acceptors (Lipinski definition) is 2. The smallest absolute Gasteiger partial charge is 0.207 e.